The zero-order chi connectivity index (χ0) is 20.7. The predicted octanol–water partition coefficient (Wildman–Crippen LogP) is 2.32. The van der Waals surface area contributed by atoms with Crippen LogP contribution in [0.2, 0.25) is 0 Å². The van der Waals surface area contributed by atoms with Gasteiger partial charge in [0, 0.05) is 25.5 Å². The van der Waals surface area contributed by atoms with E-state index in [0.717, 1.165) is 12.3 Å². The van der Waals surface area contributed by atoms with Crippen LogP contribution in [0.4, 0.5) is 13.2 Å². The first-order chi connectivity index (χ1) is 13.3. The van der Waals surface area contributed by atoms with Crippen molar-refractivity contribution in [2.24, 2.45) is 10.7 Å². The highest BCUT2D eigenvalue weighted by Gasteiger charge is 2.35. The number of ether oxygens (including phenoxy) is 1. The highest BCUT2D eigenvalue weighted by atomic mass is 19.4. The van der Waals surface area contributed by atoms with Crippen LogP contribution in [-0.4, -0.2) is 36.3 Å². The quantitative estimate of drug-likeness (QED) is 0.587. The van der Waals surface area contributed by atoms with E-state index in [9.17, 15) is 18.0 Å². The Morgan fingerprint density at radius 1 is 1.43 bits per heavy atom. The number of rotatable bonds is 5. The van der Waals surface area contributed by atoms with Gasteiger partial charge in [-0.15, -0.1) is 0 Å². The molecule has 1 aliphatic rings. The Labute approximate surface area is 160 Å². The molecule has 1 aromatic rings. The fourth-order valence-electron chi connectivity index (χ4n) is 2.92. The lowest BCUT2D eigenvalue weighted by Gasteiger charge is -2.29. The van der Waals surface area contributed by atoms with Gasteiger partial charge in [0.25, 0.3) is 5.91 Å². The van der Waals surface area contributed by atoms with Crippen LogP contribution in [0.3, 0.4) is 0 Å². The summed E-state index contributed by atoms with van der Waals surface area (Å²) in [5.41, 5.74) is 3.84. The third-order valence-electron chi connectivity index (χ3n) is 4.30. The van der Waals surface area contributed by atoms with Crippen LogP contribution >= 0.6 is 0 Å². The number of hydrogen-bond donors (Lipinski definition) is 2. The molecule has 28 heavy (non-hydrogen) atoms. The Hall–Kier alpha value is -3.09. The third-order valence-corrected chi connectivity index (χ3v) is 4.30. The molecule has 1 fully saturated rings. The van der Waals surface area contributed by atoms with Crippen molar-refractivity contribution in [3.8, 4) is 11.8 Å². The Bertz CT molecular complexity index is 806. The second-order valence-corrected chi connectivity index (χ2v) is 6.25. The fraction of sp³-hybridized carbons (Fsp3) is 0.444. The molecule has 7 nitrogen and oxygen atoms in total. The molecule has 3 N–H and O–H groups in total. The number of carbonyl (C=O) groups is 1. The first-order valence-electron chi connectivity index (χ1n) is 8.57. The molecule has 0 atom stereocenters. The van der Waals surface area contributed by atoms with Gasteiger partial charge in [-0.25, -0.2) is 4.98 Å². The van der Waals surface area contributed by atoms with Gasteiger partial charge in [-0.3, -0.25) is 9.79 Å². The number of nitrogens with zero attached hydrogens (tertiary/aromatic N) is 3. The molecule has 1 aromatic heterocycles. The second-order valence-electron chi connectivity index (χ2n) is 6.25. The van der Waals surface area contributed by atoms with Crippen molar-refractivity contribution in [2.75, 3.05) is 7.05 Å². The lowest BCUT2D eigenvalue weighted by molar-refractivity contribution is -0.138. The summed E-state index contributed by atoms with van der Waals surface area (Å²) >= 11 is 0. The van der Waals surface area contributed by atoms with Crippen LogP contribution in [0.25, 0.3) is 0 Å². The molecule has 1 aliphatic carbocycles. The lowest BCUT2D eigenvalue weighted by atomic mass is 9.92. The van der Waals surface area contributed by atoms with Gasteiger partial charge in [0.15, 0.2) is 5.69 Å². The minimum Gasteiger partial charge on any atom is -0.489 e. The number of halogens is 3. The van der Waals surface area contributed by atoms with Crippen LogP contribution < -0.4 is 15.8 Å². The molecule has 150 valence electrons. The van der Waals surface area contributed by atoms with Crippen LogP contribution in [-0.2, 0) is 11.0 Å². The van der Waals surface area contributed by atoms with Gasteiger partial charge in [-0.1, -0.05) is 0 Å². The van der Waals surface area contributed by atoms with Crippen molar-refractivity contribution in [3.63, 3.8) is 0 Å². The first-order valence-corrected chi connectivity index (χ1v) is 8.57. The molecular weight excluding hydrogens is 375 g/mol. The fourth-order valence-corrected chi connectivity index (χ4v) is 2.92. The summed E-state index contributed by atoms with van der Waals surface area (Å²) in [5.74, 6) is -0.366. The summed E-state index contributed by atoms with van der Waals surface area (Å²) in [4.78, 5) is 19.4. The summed E-state index contributed by atoms with van der Waals surface area (Å²) in [5, 5.41) is 11.6. The zero-order valence-corrected chi connectivity index (χ0v) is 15.2. The number of nitrogens with two attached hydrogens (primary N) is 1. The molecule has 0 saturated heterocycles. The van der Waals surface area contributed by atoms with E-state index in [4.69, 9.17) is 15.7 Å². The number of pyridine rings is 1. The summed E-state index contributed by atoms with van der Waals surface area (Å²) in [7, 11) is 1.53. The molecule has 0 spiro atoms. The Morgan fingerprint density at radius 2 is 2.11 bits per heavy atom. The van der Waals surface area contributed by atoms with Crippen molar-refractivity contribution in [3.05, 3.63) is 35.3 Å². The van der Waals surface area contributed by atoms with Crippen LogP contribution in [0, 0.1) is 11.3 Å². The molecule has 0 radical (unpaired) electrons. The topological polar surface area (TPSA) is 113 Å². The minimum absolute atomic E-state index is 0.0358. The van der Waals surface area contributed by atoms with Gasteiger partial charge in [-0.2, -0.15) is 18.4 Å². The summed E-state index contributed by atoms with van der Waals surface area (Å²) in [6.45, 7) is 0. The van der Waals surface area contributed by atoms with Gasteiger partial charge >= 0.3 is 6.18 Å². The van der Waals surface area contributed by atoms with E-state index >= 15 is 0 Å². The molecule has 2 rings (SSSR count). The van der Waals surface area contributed by atoms with Crippen molar-refractivity contribution in [2.45, 2.75) is 44.0 Å². The zero-order valence-electron chi connectivity index (χ0n) is 15.2. The number of aliphatic imine (C=N–C) groups is 1. The van der Waals surface area contributed by atoms with Gasteiger partial charge < -0.3 is 15.8 Å². The largest absolute Gasteiger partial charge is 0.489 e. The summed E-state index contributed by atoms with van der Waals surface area (Å²) in [6.07, 6.45) is 0.977. The van der Waals surface area contributed by atoms with Crippen molar-refractivity contribution < 1.29 is 22.7 Å². The summed E-state index contributed by atoms with van der Waals surface area (Å²) < 4.78 is 44.6. The Morgan fingerprint density at radius 3 is 2.64 bits per heavy atom. The molecule has 0 aliphatic heterocycles. The Balaban J connectivity index is 1.94. The third kappa shape index (κ3) is 5.45. The normalized spacial score (nSPS) is 20.6. The van der Waals surface area contributed by atoms with Gasteiger partial charge in [0.2, 0.25) is 0 Å². The van der Waals surface area contributed by atoms with Gasteiger partial charge in [-0.05, 0) is 31.7 Å². The number of amides is 1. The Kier molecular flexibility index (Phi) is 6.98. The average Bonchev–Trinajstić information content (AvgIpc) is 2.66. The smallest absolute Gasteiger partial charge is 0.419 e. The van der Waals surface area contributed by atoms with Crippen molar-refractivity contribution >= 4 is 12.1 Å². The number of carbonyl (C=O) groups excluding carboxylic acids is 1. The van der Waals surface area contributed by atoms with E-state index in [-0.39, 0.29) is 29.4 Å². The maximum Gasteiger partial charge on any atom is 0.419 e. The molecular formula is C18H20F3N5O2. The number of hydrogen-bond acceptors (Lipinski definition) is 6. The number of nitrogens with one attached hydrogen (secondary N) is 1. The number of aromatic nitrogens is 1. The van der Waals surface area contributed by atoms with Crippen molar-refractivity contribution in [1.82, 2.24) is 10.3 Å². The molecule has 1 amide bonds. The predicted molar refractivity (Wildman–Crippen MR) is 95.5 cm³/mol. The van der Waals surface area contributed by atoms with E-state index in [1.54, 1.807) is 0 Å². The SMILES string of the molecule is CN=CC(=CN)C(=O)NC1CCC(Oc2cnc(C#N)c(C(F)(F)F)c2)CC1. The van der Waals surface area contributed by atoms with Gasteiger partial charge in [0.1, 0.15) is 11.8 Å². The molecule has 0 unspecified atom stereocenters. The molecule has 0 aromatic carbocycles. The standard InChI is InChI=1S/C18H20F3N5O2/c1-24-9-11(7-22)17(27)26-12-2-4-13(5-3-12)28-14-6-15(18(19,20)21)16(8-23)25-10-14/h6-7,9-10,12-13H,2-5,22H2,1H3,(H,26,27). The minimum atomic E-state index is -4.69. The van der Waals surface area contributed by atoms with E-state index in [2.05, 4.69) is 15.3 Å². The van der Waals surface area contributed by atoms with E-state index in [0.29, 0.717) is 25.7 Å². The van der Waals surface area contributed by atoms with Crippen LogP contribution in [0.15, 0.2) is 29.0 Å². The molecule has 0 bridgehead atoms. The second kappa shape index (κ2) is 9.21. The highest BCUT2D eigenvalue weighted by Crippen LogP contribution is 2.34. The van der Waals surface area contributed by atoms with E-state index < -0.39 is 17.4 Å². The first kappa shape index (κ1) is 21.2. The van der Waals surface area contributed by atoms with Crippen LogP contribution in [0.5, 0.6) is 5.75 Å². The number of nitriles is 1. The van der Waals surface area contributed by atoms with E-state index in [1.165, 1.54) is 25.5 Å². The molecule has 1 saturated carbocycles. The summed E-state index contributed by atoms with van der Waals surface area (Å²) in [6, 6.07) is 2.14. The monoisotopic (exact) mass is 395 g/mol. The lowest BCUT2D eigenvalue weighted by Crippen LogP contribution is -2.40. The molecule has 1 heterocycles. The number of alkyl halides is 3. The molecule has 10 heteroatoms. The average molecular weight is 395 g/mol. The van der Waals surface area contributed by atoms with Gasteiger partial charge in [0.05, 0.1) is 23.4 Å². The van der Waals surface area contributed by atoms with Crippen LogP contribution in [0.1, 0.15) is 36.9 Å². The maximum absolute atomic E-state index is 13.0. The van der Waals surface area contributed by atoms with Crippen molar-refractivity contribution in [1.29, 1.82) is 5.26 Å². The highest BCUT2D eigenvalue weighted by molar-refractivity contribution is 6.12. The maximum atomic E-state index is 13.0. The van der Waals surface area contributed by atoms with E-state index in [1.807, 2.05) is 0 Å².